The van der Waals surface area contributed by atoms with E-state index in [9.17, 15) is 0 Å². The van der Waals surface area contributed by atoms with Crippen LogP contribution in [0.2, 0.25) is 0 Å². The van der Waals surface area contributed by atoms with Gasteiger partial charge in [0.2, 0.25) is 0 Å². The van der Waals surface area contributed by atoms with Crippen molar-refractivity contribution in [1.29, 1.82) is 0 Å². The van der Waals surface area contributed by atoms with Crippen LogP contribution in [0, 0.1) is 5.92 Å². The first-order valence-electron chi connectivity index (χ1n) is 8.63. The van der Waals surface area contributed by atoms with E-state index in [1.807, 2.05) is 0 Å². The molecule has 0 aromatic carbocycles. The smallest absolute Gasteiger partial charge is 0.00963 e. The molecule has 0 aliphatic heterocycles. The van der Waals surface area contributed by atoms with Gasteiger partial charge in [0, 0.05) is 18.1 Å². The summed E-state index contributed by atoms with van der Waals surface area (Å²) in [6, 6.07) is 2.52. The highest BCUT2D eigenvalue weighted by Gasteiger charge is 2.29. The minimum atomic E-state index is 0.782. The van der Waals surface area contributed by atoms with Crippen molar-refractivity contribution >= 4 is 0 Å². The summed E-state index contributed by atoms with van der Waals surface area (Å²) >= 11 is 0. The first-order valence-corrected chi connectivity index (χ1v) is 8.63. The molecule has 1 N–H and O–H groups in total. The quantitative estimate of drug-likeness (QED) is 0.814. The average Bonchev–Trinajstić information content (AvgIpc) is 2.48. The van der Waals surface area contributed by atoms with Crippen LogP contribution in [0.15, 0.2) is 0 Å². The number of hydrogen-bond donors (Lipinski definition) is 1. The zero-order valence-electron chi connectivity index (χ0n) is 13.3. The highest BCUT2D eigenvalue weighted by atomic mass is 15.2. The molecule has 0 spiro atoms. The molecule has 112 valence electrons. The van der Waals surface area contributed by atoms with Crippen LogP contribution in [-0.4, -0.2) is 37.1 Å². The summed E-state index contributed by atoms with van der Waals surface area (Å²) in [7, 11) is 4.51. The van der Waals surface area contributed by atoms with Gasteiger partial charge in [-0.15, -0.1) is 0 Å². The van der Waals surface area contributed by atoms with Crippen LogP contribution in [0.1, 0.15) is 71.1 Å². The highest BCUT2D eigenvalue weighted by molar-refractivity contribution is 4.86. The predicted molar refractivity (Wildman–Crippen MR) is 83.5 cm³/mol. The maximum Gasteiger partial charge on any atom is 0.00963 e. The van der Waals surface area contributed by atoms with Gasteiger partial charge >= 0.3 is 0 Å². The molecule has 0 aromatic heterocycles. The SMILES string of the molecule is CCCC1CCC(N(C)C2CCC(NC)CC2)CC1. The molecule has 2 aliphatic rings. The molecular weight excluding hydrogens is 232 g/mol. The van der Waals surface area contributed by atoms with E-state index in [-0.39, 0.29) is 0 Å². The molecule has 2 fully saturated rings. The zero-order chi connectivity index (χ0) is 13.7. The van der Waals surface area contributed by atoms with E-state index in [2.05, 4.69) is 31.2 Å². The Bertz CT molecular complexity index is 238. The first-order chi connectivity index (χ1) is 9.24. The van der Waals surface area contributed by atoms with Gasteiger partial charge in [0.15, 0.2) is 0 Å². The van der Waals surface area contributed by atoms with Gasteiger partial charge in [0.1, 0.15) is 0 Å². The maximum atomic E-state index is 3.44. The molecule has 19 heavy (non-hydrogen) atoms. The second-order valence-electron chi connectivity index (χ2n) is 6.92. The van der Waals surface area contributed by atoms with Crippen molar-refractivity contribution in [2.45, 2.75) is 89.3 Å². The third kappa shape index (κ3) is 4.19. The lowest BCUT2D eigenvalue weighted by molar-refractivity contribution is 0.0905. The summed E-state index contributed by atoms with van der Waals surface area (Å²) in [5.41, 5.74) is 0. The minimum Gasteiger partial charge on any atom is -0.317 e. The van der Waals surface area contributed by atoms with Crippen molar-refractivity contribution in [2.24, 2.45) is 5.92 Å². The third-order valence-corrected chi connectivity index (χ3v) is 5.77. The lowest BCUT2D eigenvalue weighted by Crippen LogP contribution is -2.45. The van der Waals surface area contributed by atoms with Crippen LogP contribution < -0.4 is 5.32 Å². The topological polar surface area (TPSA) is 15.3 Å². The van der Waals surface area contributed by atoms with Crippen LogP contribution in [-0.2, 0) is 0 Å². The van der Waals surface area contributed by atoms with Gasteiger partial charge < -0.3 is 10.2 Å². The average molecular weight is 266 g/mol. The van der Waals surface area contributed by atoms with Crippen LogP contribution in [0.4, 0.5) is 0 Å². The normalized spacial score (nSPS) is 36.6. The van der Waals surface area contributed by atoms with E-state index in [1.165, 1.54) is 64.2 Å². The van der Waals surface area contributed by atoms with Crippen molar-refractivity contribution in [2.75, 3.05) is 14.1 Å². The number of nitrogens with one attached hydrogen (secondary N) is 1. The molecular formula is C17H34N2. The molecule has 2 saturated carbocycles. The molecule has 2 nitrogen and oxygen atoms in total. The molecule has 0 atom stereocenters. The molecule has 2 heteroatoms. The first kappa shape index (κ1) is 15.3. The number of hydrogen-bond acceptors (Lipinski definition) is 2. The Morgan fingerprint density at radius 3 is 1.89 bits per heavy atom. The van der Waals surface area contributed by atoms with Gasteiger partial charge in [0.05, 0.1) is 0 Å². The molecule has 0 saturated heterocycles. The number of nitrogens with zero attached hydrogens (tertiary/aromatic N) is 1. The Labute approximate surface area is 120 Å². The second kappa shape index (κ2) is 7.64. The van der Waals surface area contributed by atoms with Crippen molar-refractivity contribution in [3.8, 4) is 0 Å². The van der Waals surface area contributed by atoms with E-state index in [0.29, 0.717) is 0 Å². The third-order valence-electron chi connectivity index (χ3n) is 5.77. The Morgan fingerprint density at radius 2 is 1.42 bits per heavy atom. The second-order valence-corrected chi connectivity index (χ2v) is 6.92. The van der Waals surface area contributed by atoms with E-state index < -0.39 is 0 Å². The van der Waals surface area contributed by atoms with Crippen LogP contribution in [0.25, 0.3) is 0 Å². The Hall–Kier alpha value is -0.0800. The molecule has 0 radical (unpaired) electrons. The van der Waals surface area contributed by atoms with Crippen molar-refractivity contribution < 1.29 is 0 Å². The maximum absolute atomic E-state index is 3.44. The van der Waals surface area contributed by atoms with Gasteiger partial charge in [-0.2, -0.15) is 0 Å². The van der Waals surface area contributed by atoms with Gasteiger partial charge in [0.25, 0.3) is 0 Å². The van der Waals surface area contributed by atoms with Gasteiger partial charge in [-0.1, -0.05) is 19.8 Å². The molecule has 0 heterocycles. The fourth-order valence-corrected chi connectivity index (χ4v) is 4.32. The standard InChI is InChI=1S/C17H34N2/c1-4-5-14-6-10-16(11-7-14)19(3)17-12-8-15(18-2)9-13-17/h14-18H,4-13H2,1-3H3. The van der Waals surface area contributed by atoms with Gasteiger partial charge in [-0.3, -0.25) is 0 Å². The Balaban J connectivity index is 1.73. The summed E-state index contributed by atoms with van der Waals surface area (Å²) in [5, 5.41) is 3.44. The van der Waals surface area contributed by atoms with Crippen LogP contribution in [0.3, 0.4) is 0 Å². The molecule has 0 bridgehead atoms. The van der Waals surface area contributed by atoms with Crippen LogP contribution >= 0.6 is 0 Å². The van der Waals surface area contributed by atoms with Gasteiger partial charge in [-0.25, -0.2) is 0 Å². The van der Waals surface area contributed by atoms with Crippen molar-refractivity contribution in [3.05, 3.63) is 0 Å². The predicted octanol–water partition coefficient (Wildman–Crippen LogP) is 3.81. The molecule has 0 unspecified atom stereocenters. The summed E-state index contributed by atoms with van der Waals surface area (Å²) in [5.74, 6) is 1.04. The van der Waals surface area contributed by atoms with Gasteiger partial charge in [-0.05, 0) is 71.4 Å². The van der Waals surface area contributed by atoms with E-state index in [4.69, 9.17) is 0 Å². The van der Waals surface area contributed by atoms with Crippen LogP contribution in [0.5, 0.6) is 0 Å². The Kier molecular flexibility index (Phi) is 6.15. The summed E-state index contributed by atoms with van der Waals surface area (Å²) in [4.78, 5) is 2.74. The minimum absolute atomic E-state index is 0.782. The molecule has 2 aliphatic carbocycles. The summed E-state index contributed by atoms with van der Waals surface area (Å²) in [6.45, 7) is 2.33. The van der Waals surface area contributed by atoms with E-state index in [0.717, 1.165) is 24.0 Å². The molecule has 0 aromatic rings. The summed E-state index contributed by atoms with van der Waals surface area (Å²) in [6.07, 6.45) is 14.2. The fraction of sp³-hybridized carbons (Fsp3) is 1.00. The fourth-order valence-electron chi connectivity index (χ4n) is 4.32. The molecule has 2 rings (SSSR count). The lowest BCUT2D eigenvalue weighted by atomic mass is 9.81. The molecule has 0 amide bonds. The number of rotatable bonds is 5. The van der Waals surface area contributed by atoms with E-state index >= 15 is 0 Å². The summed E-state index contributed by atoms with van der Waals surface area (Å²) < 4.78 is 0. The zero-order valence-corrected chi connectivity index (χ0v) is 13.3. The van der Waals surface area contributed by atoms with E-state index in [1.54, 1.807) is 0 Å². The van der Waals surface area contributed by atoms with Crippen molar-refractivity contribution in [3.63, 3.8) is 0 Å². The monoisotopic (exact) mass is 266 g/mol. The van der Waals surface area contributed by atoms with Crippen molar-refractivity contribution in [1.82, 2.24) is 10.2 Å². The Morgan fingerprint density at radius 1 is 0.895 bits per heavy atom. The largest absolute Gasteiger partial charge is 0.317 e. The highest BCUT2D eigenvalue weighted by Crippen LogP contribution is 2.33. The lowest BCUT2D eigenvalue weighted by Gasteiger charge is -2.42.